The van der Waals surface area contributed by atoms with Gasteiger partial charge in [0.2, 0.25) is 0 Å². The summed E-state index contributed by atoms with van der Waals surface area (Å²) in [5.41, 5.74) is 19.6. The number of rotatable bonds is 0. The van der Waals surface area contributed by atoms with Gasteiger partial charge in [0.25, 0.3) is 0 Å². The van der Waals surface area contributed by atoms with Gasteiger partial charge in [0.1, 0.15) is 11.6 Å². The van der Waals surface area contributed by atoms with Gasteiger partial charge in [-0.05, 0) is 150 Å². The Morgan fingerprint density at radius 2 is 0.954 bits per heavy atom. The second kappa shape index (κ2) is 31.4. The fourth-order valence-electron chi connectivity index (χ4n) is 10.7. The summed E-state index contributed by atoms with van der Waals surface area (Å²) < 4.78 is 19.7. The maximum Gasteiger partial charge on any atom is 0.137 e. The first-order valence-electron chi connectivity index (χ1n) is 30.6. The highest BCUT2D eigenvalue weighted by Gasteiger charge is 2.26. The molecule has 12 nitrogen and oxygen atoms in total. The van der Waals surface area contributed by atoms with Crippen molar-refractivity contribution in [3.63, 3.8) is 0 Å². The van der Waals surface area contributed by atoms with Crippen molar-refractivity contribution >= 4 is 45.7 Å². The molecule has 8 rings (SSSR count). The van der Waals surface area contributed by atoms with Crippen LogP contribution < -0.4 is 0 Å². The fourth-order valence-corrected chi connectivity index (χ4v) is 14.3. The van der Waals surface area contributed by atoms with Gasteiger partial charge in [0.05, 0.1) is 50.4 Å². The largest absolute Gasteiger partial charge is 0.361 e. The monoisotopic (exact) mass is 1270 g/mol. The van der Waals surface area contributed by atoms with E-state index in [2.05, 4.69) is 278 Å². The van der Waals surface area contributed by atoms with Crippen LogP contribution in [0.15, 0.2) is 28.5 Å². The van der Waals surface area contributed by atoms with E-state index in [0.29, 0.717) is 0 Å². The van der Waals surface area contributed by atoms with Crippen LogP contribution in [-0.4, -0.2) is 53.0 Å². The Hall–Kier alpha value is -4.64. The Morgan fingerprint density at radius 1 is 0.448 bits per heavy atom. The topological polar surface area (TPSA) is 131 Å². The predicted molar refractivity (Wildman–Crippen MR) is 381 cm³/mol. The van der Waals surface area contributed by atoms with Gasteiger partial charge in [0, 0.05) is 91.8 Å². The molecule has 0 aliphatic carbocycles. The molecule has 0 unspecified atom stereocenters. The van der Waals surface area contributed by atoms with Gasteiger partial charge < -0.3 is 9.09 Å². The number of hydrogen-bond donors (Lipinski definition) is 0. The third-order valence-electron chi connectivity index (χ3n) is 14.0. The van der Waals surface area contributed by atoms with E-state index in [-0.39, 0.29) is 43.3 Å². The van der Waals surface area contributed by atoms with E-state index in [1.807, 2.05) is 80.5 Å². The van der Waals surface area contributed by atoms with E-state index in [0.717, 1.165) is 28.7 Å². The minimum Gasteiger partial charge on any atom is -0.361 e. The molecule has 490 valence electrons. The zero-order valence-corrected chi connectivity index (χ0v) is 65.5. The lowest BCUT2D eigenvalue weighted by molar-refractivity contribution is 0.389. The Bertz CT molecular complexity index is 3120. The van der Waals surface area contributed by atoms with E-state index in [9.17, 15) is 0 Å². The molecule has 0 amide bonds. The molecule has 0 atom stereocenters. The standard InChI is InChI=1S/C10H18N2.C9H16N2.C9H15NO.3C9H15NS.C8H14N2.C8H13NS/c1-7-9(10(3,4)5)8(2)12(6)11-7;1-7-6-8(9(2,3)4)11(5)10-7;1-6-8(9(3,4)5)7(2)11-10-6;1-6-8(9(3,4)5)11-7(2)10-6;1-6-8(9(3,4)5)7(2)11-10-6;1-6-7(2)10-11-8(6)9(3,4)5;1-8(2,3)7-9-5-6-10(7)4;1-6-7(8(2,3)4)9-5-10-6/h1-6H3;6H,1-5H3;4*1-5H3;5-6H,1-4H3;5H,1-4H3. The van der Waals surface area contributed by atoms with E-state index in [4.69, 9.17) is 4.52 Å². The lowest BCUT2D eigenvalue weighted by Crippen LogP contribution is -2.16. The molecular weight excluding hydrogens is 1150 g/mol. The number of aryl methyl sites for hydroxylation is 13. The fraction of sp³-hybridized carbons (Fsp3) is 0.662. The molecular formula is C71H121N11OS4. The van der Waals surface area contributed by atoms with Crippen molar-refractivity contribution in [3.05, 3.63) is 134 Å². The van der Waals surface area contributed by atoms with Gasteiger partial charge in [0.15, 0.2) is 0 Å². The SMILES string of the molecule is Cc1cc(C(C)(C)C)n(C)n1.Cc1nc(C)c(C(C)(C)C)s1.Cc1nn(C)c(C)c1C(C)(C)C.Cc1noc(C)c1C(C)(C)C.Cc1nsc(C(C)(C)C)c1C.Cc1nsc(C)c1C(C)(C)C.Cc1scnc1C(C)(C)C.Cn1ccnc1C(C)(C)C. The zero-order valence-electron chi connectivity index (χ0n) is 62.3. The molecule has 0 saturated carbocycles. The predicted octanol–water partition coefficient (Wildman–Crippen LogP) is 20.6. The first kappa shape index (κ1) is 80.4. The summed E-state index contributed by atoms with van der Waals surface area (Å²) in [6.45, 7) is 77.8. The van der Waals surface area contributed by atoms with Crippen LogP contribution in [0.3, 0.4) is 0 Å². The summed E-state index contributed by atoms with van der Waals surface area (Å²) in [5, 5.41) is 13.8. The quantitative estimate of drug-likeness (QED) is 0.146. The van der Waals surface area contributed by atoms with Gasteiger partial charge in [-0.15, -0.1) is 22.7 Å². The van der Waals surface area contributed by atoms with Crippen molar-refractivity contribution in [2.24, 2.45) is 21.1 Å². The lowest BCUT2D eigenvalue weighted by atomic mass is 9.85. The van der Waals surface area contributed by atoms with Crippen molar-refractivity contribution in [3.8, 4) is 0 Å². The summed E-state index contributed by atoms with van der Waals surface area (Å²) in [6, 6.07) is 2.14. The second-order valence-corrected chi connectivity index (χ2v) is 35.4. The van der Waals surface area contributed by atoms with Gasteiger partial charge in [-0.2, -0.15) is 18.9 Å². The molecule has 0 aliphatic heterocycles. The summed E-state index contributed by atoms with van der Waals surface area (Å²) in [5.74, 6) is 2.07. The number of imidazole rings is 1. The molecule has 8 heterocycles. The minimum absolute atomic E-state index is 0.147. The first-order chi connectivity index (χ1) is 39.0. The van der Waals surface area contributed by atoms with E-state index in [1.54, 1.807) is 34.4 Å². The van der Waals surface area contributed by atoms with Crippen molar-refractivity contribution < 1.29 is 4.52 Å². The Balaban J connectivity index is 0.000000497. The maximum atomic E-state index is 5.07. The smallest absolute Gasteiger partial charge is 0.137 e. The Morgan fingerprint density at radius 3 is 1.14 bits per heavy atom. The third kappa shape index (κ3) is 25.3. The molecule has 0 aliphatic rings. The highest BCUT2D eigenvalue weighted by atomic mass is 32.1. The van der Waals surface area contributed by atoms with E-state index >= 15 is 0 Å². The highest BCUT2D eigenvalue weighted by Crippen LogP contribution is 2.34. The number of hydrogen-bond acceptors (Lipinski definition) is 13. The van der Waals surface area contributed by atoms with Crippen LogP contribution in [0.2, 0.25) is 0 Å². The van der Waals surface area contributed by atoms with Gasteiger partial charge in [-0.1, -0.05) is 171 Å². The van der Waals surface area contributed by atoms with Gasteiger partial charge >= 0.3 is 0 Å². The maximum absolute atomic E-state index is 5.07. The van der Waals surface area contributed by atoms with E-state index in [1.165, 1.54) is 80.9 Å². The van der Waals surface area contributed by atoms with Crippen LogP contribution in [-0.2, 0) is 64.5 Å². The number of nitrogens with zero attached hydrogens (tertiary/aromatic N) is 11. The summed E-state index contributed by atoms with van der Waals surface area (Å²) in [4.78, 5) is 18.5. The molecule has 0 spiro atoms. The normalized spacial score (nSPS) is 12.1. The Labute approximate surface area is 547 Å². The molecule has 16 heteroatoms. The lowest BCUT2D eigenvalue weighted by Gasteiger charge is -2.19. The van der Waals surface area contributed by atoms with Crippen molar-refractivity contribution in [1.29, 1.82) is 0 Å². The zero-order chi connectivity index (χ0) is 68.3. The second-order valence-electron chi connectivity index (χ2n) is 31.4. The molecule has 0 N–H and O–H groups in total. The minimum atomic E-state index is 0.147. The van der Waals surface area contributed by atoms with Crippen LogP contribution in [0, 0.1) is 83.1 Å². The van der Waals surface area contributed by atoms with Crippen LogP contribution in [0.4, 0.5) is 0 Å². The van der Waals surface area contributed by atoms with Crippen LogP contribution in [0.5, 0.6) is 0 Å². The van der Waals surface area contributed by atoms with Crippen LogP contribution in [0.1, 0.15) is 276 Å². The molecule has 8 aromatic heterocycles. The van der Waals surface area contributed by atoms with Gasteiger partial charge in [-0.3, -0.25) is 9.36 Å². The summed E-state index contributed by atoms with van der Waals surface area (Å²) in [6.07, 6.45) is 3.81. The molecule has 0 bridgehead atoms. The van der Waals surface area contributed by atoms with Crippen LogP contribution in [0.25, 0.3) is 0 Å². The van der Waals surface area contributed by atoms with Crippen molar-refractivity contribution in [2.75, 3.05) is 0 Å². The number of aromatic nitrogens is 11. The van der Waals surface area contributed by atoms with Crippen LogP contribution >= 0.6 is 45.7 Å². The molecule has 0 radical (unpaired) electrons. The molecule has 0 fully saturated rings. The Kier molecular flexibility index (Phi) is 29.0. The highest BCUT2D eigenvalue weighted by molar-refractivity contribution is 7.11. The summed E-state index contributed by atoms with van der Waals surface area (Å²) >= 11 is 6.77. The van der Waals surface area contributed by atoms with E-state index < -0.39 is 0 Å². The third-order valence-corrected chi connectivity index (χ3v) is 18.5. The van der Waals surface area contributed by atoms with Crippen molar-refractivity contribution in [2.45, 2.75) is 293 Å². The summed E-state index contributed by atoms with van der Waals surface area (Å²) in [7, 11) is 6.01. The van der Waals surface area contributed by atoms with Gasteiger partial charge in [-0.25, -0.2) is 15.0 Å². The first-order valence-corrected chi connectivity index (χ1v) is 33.9. The number of thiazole rings is 2. The molecule has 8 aromatic rings. The average molecular weight is 1270 g/mol. The molecule has 0 aromatic carbocycles. The van der Waals surface area contributed by atoms with Crippen molar-refractivity contribution in [1.82, 2.24) is 53.0 Å². The molecule has 87 heavy (non-hydrogen) atoms. The average Bonchev–Trinajstić information content (AvgIpc) is 3.24. The molecule has 0 saturated heterocycles.